The van der Waals surface area contributed by atoms with Crippen molar-refractivity contribution in [2.45, 2.75) is 6.43 Å². The lowest BCUT2D eigenvalue weighted by molar-refractivity contribution is 0.0188. The van der Waals surface area contributed by atoms with E-state index >= 15 is 0 Å². The van der Waals surface area contributed by atoms with Crippen LogP contribution in [-0.4, -0.2) is 37.1 Å². The minimum atomic E-state index is -2.47. The molecule has 0 unspecified atom stereocenters. The van der Waals surface area contributed by atoms with Crippen molar-refractivity contribution in [2.75, 3.05) is 19.8 Å². The van der Waals surface area contributed by atoms with Crippen LogP contribution >= 0.6 is 11.3 Å². The van der Waals surface area contributed by atoms with Gasteiger partial charge in [0.1, 0.15) is 12.3 Å². The molecule has 0 aliphatic carbocycles. The molecule has 1 heterocycles. The van der Waals surface area contributed by atoms with Crippen molar-refractivity contribution in [1.82, 2.24) is 10.3 Å². The molecule has 0 atom stereocenters. The van der Waals surface area contributed by atoms with Gasteiger partial charge in [0, 0.05) is 11.9 Å². The Morgan fingerprint density at radius 1 is 1.67 bits per heavy atom. The zero-order valence-corrected chi connectivity index (χ0v) is 8.60. The van der Waals surface area contributed by atoms with Gasteiger partial charge in [-0.15, -0.1) is 11.3 Å². The van der Waals surface area contributed by atoms with E-state index in [1.54, 1.807) is 10.9 Å². The topological polar surface area (TPSA) is 51.2 Å². The molecule has 0 fully saturated rings. The van der Waals surface area contributed by atoms with Gasteiger partial charge in [-0.1, -0.05) is 0 Å². The first-order valence-corrected chi connectivity index (χ1v) is 5.16. The third-order valence-electron chi connectivity index (χ3n) is 1.44. The van der Waals surface area contributed by atoms with Crippen LogP contribution in [0, 0.1) is 0 Å². The van der Waals surface area contributed by atoms with Crippen molar-refractivity contribution in [2.24, 2.45) is 0 Å². The predicted octanol–water partition coefficient (Wildman–Crippen LogP) is 1.15. The molecule has 0 aliphatic rings. The van der Waals surface area contributed by atoms with E-state index in [0.717, 1.165) is 0 Å². The molecule has 1 N–H and O–H groups in total. The molecule has 0 aliphatic heterocycles. The smallest absolute Gasteiger partial charge is 0.270 e. The normalized spacial score (nSPS) is 10.6. The van der Waals surface area contributed by atoms with Gasteiger partial charge in [-0.25, -0.2) is 13.8 Å². The van der Waals surface area contributed by atoms with E-state index in [4.69, 9.17) is 0 Å². The average Bonchev–Trinajstić information content (AvgIpc) is 2.69. The summed E-state index contributed by atoms with van der Waals surface area (Å²) < 4.78 is 27.8. The van der Waals surface area contributed by atoms with Crippen LogP contribution in [0.1, 0.15) is 10.5 Å². The number of carbonyl (C=O) groups excluding carboxylic acids is 1. The number of hydrogen-bond donors (Lipinski definition) is 1. The van der Waals surface area contributed by atoms with Gasteiger partial charge < -0.3 is 10.1 Å². The van der Waals surface area contributed by atoms with Gasteiger partial charge in [-0.05, 0) is 0 Å². The Hall–Kier alpha value is -1.08. The molecule has 0 bridgehead atoms. The third kappa shape index (κ3) is 4.80. The highest BCUT2D eigenvalue weighted by atomic mass is 32.1. The number of carbonyl (C=O) groups is 1. The van der Waals surface area contributed by atoms with Crippen LogP contribution in [0.2, 0.25) is 0 Å². The molecule has 7 heteroatoms. The van der Waals surface area contributed by atoms with Crippen LogP contribution in [0.15, 0.2) is 10.9 Å². The van der Waals surface area contributed by atoms with Gasteiger partial charge in [-0.3, -0.25) is 4.79 Å². The maximum absolute atomic E-state index is 11.6. The number of ether oxygens (including phenoxy) is 1. The first-order valence-electron chi connectivity index (χ1n) is 4.22. The van der Waals surface area contributed by atoms with Gasteiger partial charge in [0.05, 0.1) is 12.1 Å². The fraction of sp³-hybridized carbons (Fsp3) is 0.500. The second-order valence-electron chi connectivity index (χ2n) is 2.60. The molecular weight excluding hydrogens is 226 g/mol. The van der Waals surface area contributed by atoms with E-state index in [1.165, 1.54) is 11.3 Å². The van der Waals surface area contributed by atoms with Crippen LogP contribution in [0.3, 0.4) is 0 Å². The number of alkyl halides is 2. The second-order valence-corrected chi connectivity index (χ2v) is 3.31. The Morgan fingerprint density at radius 3 is 3.07 bits per heavy atom. The number of hydrogen-bond acceptors (Lipinski definition) is 4. The first-order chi connectivity index (χ1) is 7.20. The van der Waals surface area contributed by atoms with Gasteiger partial charge in [-0.2, -0.15) is 0 Å². The van der Waals surface area contributed by atoms with Crippen LogP contribution < -0.4 is 5.32 Å². The third-order valence-corrected chi connectivity index (χ3v) is 2.03. The van der Waals surface area contributed by atoms with E-state index < -0.39 is 13.0 Å². The van der Waals surface area contributed by atoms with Gasteiger partial charge in [0.2, 0.25) is 0 Å². The first kappa shape index (κ1) is 12.0. The van der Waals surface area contributed by atoms with Gasteiger partial charge in [0.25, 0.3) is 12.3 Å². The number of aromatic nitrogens is 1. The Morgan fingerprint density at radius 2 is 2.47 bits per heavy atom. The molecule has 0 saturated carbocycles. The monoisotopic (exact) mass is 236 g/mol. The maximum Gasteiger partial charge on any atom is 0.270 e. The zero-order chi connectivity index (χ0) is 11.1. The summed E-state index contributed by atoms with van der Waals surface area (Å²) in [5.74, 6) is -0.322. The highest BCUT2D eigenvalue weighted by Crippen LogP contribution is 1.99. The number of amides is 1. The molecule has 84 valence electrons. The van der Waals surface area contributed by atoms with E-state index in [-0.39, 0.29) is 19.1 Å². The SMILES string of the molecule is O=C(NCCOCC(F)F)c1cscn1. The fourth-order valence-electron chi connectivity index (χ4n) is 0.824. The van der Waals surface area contributed by atoms with Crippen molar-refractivity contribution in [3.63, 3.8) is 0 Å². The van der Waals surface area contributed by atoms with E-state index in [9.17, 15) is 13.6 Å². The summed E-state index contributed by atoms with van der Waals surface area (Å²) >= 11 is 1.31. The van der Waals surface area contributed by atoms with Crippen LogP contribution in [0.4, 0.5) is 8.78 Å². The van der Waals surface area contributed by atoms with Crippen LogP contribution in [0.25, 0.3) is 0 Å². The summed E-state index contributed by atoms with van der Waals surface area (Å²) in [4.78, 5) is 15.0. The van der Waals surface area contributed by atoms with E-state index in [0.29, 0.717) is 5.69 Å². The lowest BCUT2D eigenvalue weighted by atomic mass is 10.4. The van der Waals surface area contributed by atoms with Crippen molar-refractivity contribution >= 4 is 17.2 Å². The molecule has 0 saturated heterocycles. The second kappa shape index (κ2) is 6.41. The number of nitrogens with one attached hydrogen (secondary N) is 1. The largest absolute Gasteiger partial charge is 0.374 e. The Bertz CT molecular complexity index is 293. The molecule has 0 radical (unpaired) electrons. The van der Waals surface area contributed by atoms with E-state index in [1.807, 2.05) is 0 Å². The molecule has 0 spiro atoms. The number of halogens is 2. The fourth-order valence-corrected chi connectivity index (χ4v) is 1.36. The quantitative estimate of drug-likeness (QED) is 0.754. The minimum Gasteiger partial charge on any atom is -0.374 e. The van der Waals surface area contributed by atoms with E-state index in [2.05, 4.69) is 15.0 Å². The number of rotatable bonds is 6. The van der Waals surface area contributed by atoms with Gasteiger partial charge in [0.15, 0.2) is 0 Å². The summed E-state index contributed by atoms with van der Waals surface area (Å²) in [6.45, 7) is -0.337. The lowest BCUT2D eigenvalue weighted by Crippen LogP contribution is -2.28. The molecule has 1 aromatic rings. The van der Waals surface area contributed by atoms with Crippen molar-refractivity contribution < 1.29 is 18.3 Å². The molecule has 1 amide bonds. The Kier molecular flexibility index (Phi) is 5.13. The summed E-state index contributed by atoms with van der Waals surface area (Å²) in [5.41, 5.74) is 1.87. The van der Waals surface area contributed by atoms with Crippen molar-refractivity contribution in [1.29, 1.82) is 0 Å². The summed E-state index contributed by atoms with van der Waals surface area (Å²) in [6, 6.07) is 0. The summed E-state index contributed by atoms with van der Waals surface area (Å²) in [7, 11) is 0. The molecular formula is C8H10F2N2O2S. The molecule has 1 rings (SSSR count). The highest BCUT2D eigenvalue weighted by molar-refractivity contribution is 7.07. The molecule has 0 aromatic carbocycles. The predicted molar refractivity (Wildman–Crippen MR) is 51.3 cm³/mol. The minimum absolute atomic E-state index is 0.0697. The number of nitrogens with zero attached hydrogens (tertiary/aromatic N) is 1. The van der Waals surface area contributed by atoms with Crippen molar-refractivity contribution in [3.05, 3.63) is 16.6 Å². The standard InChI is InChI=1S/C8H10F2N2O2S/c9-7(10)3-14-2-1-11-8(13)6-4-15-5-12-6/h4-5,7H,1-3H2,(H,11,13). The highest BCUT2D eigenvalue weighted by Gasteiger charge is 2.06. The van der Waals surface area contributed by atoms with Gasteiger partial charge >= 0.3 is 0 Å². The van der Waals surface area contributed by atoms with Crippen molar-refractivity contribution in [3.8, 4) is 0 Å². The average molecular weight is 236 g/mol. The molecule has 4 nitrogen and oxygen atoms in total. The van der Waals surface area contributed by atoms with Crippen LogP contribution in [-0.2, 0) is 4.74 Å². The lowest BCUT2D eigenvalue weighted by Gasteiger charge is -2.04. The summed E-state index contributed by atoms with van der Waals surface area (Å²) in [6.07, 6.45) is -2.47. The van der Waals surface area contributed by atoms with Crippen LogP contribution in [0.5, 0.6) is 0 Å². The Labute approximate surface area is 89.3 Å². The zero-order valence-electron chi connectivity index (χ0n) is 7.78. The molecule has 1 aromatic heterocycles. The molecule has 15 heavy (non-hydrogen) atoms. The maximum atomic E-state index is 11.6. The summed E-state index contributed by atoms with van der Waals surface area (Å²) in [5, 5.41) is 4.10. The number of thiazole rings is 1. The Balaban J connectivity index is 2.08.